The highest BCUT2D eigenvalue weighted by Crippen LogP contribution is 2.16. The van der Waals surface area contributed by atoms with Crippen molar-refractivity contribution >= 4 is 5.91 Å². The molecule has 0 spiro atoms. The number of aliphatic hydroxyl groups is 1. The molecule has 0 radical (unpaired) electrons. The third-order valence-electron chi connectivity index (χ3n) is 3.40. The Balaban J connectivity index is 2.66. The first kappa shape index (κ1) is 18.6. The van der Waals surface area contributed by atoms with Crippen LogP contribution in [0.2, 0.25) is 0 Å². The van der Waals surface area contributed by atoms with Gasteiger partial charge in [-0.25, -0.2) is 4.39 Å². The Kier molecular flexibility index (Phi) is 8.06. The van der Waals surface area contributed by atoms with E-state index in [4.69, 9.17) is 0 Å². The van der Waals surface area contributed by atoms with E-state index in [1.165, 1.54) is 12.1 Å². The van der Waals surface area contributed by atoms with Gasteiger partial charge in [0.25, 0.3) is 0 Å². The van der Waals surface area contributed by atoms with Crippen molar-refractivity contribution in [2.24, 2.45) is 5.92 Å². The van der Waals surface area contributed by atoms with Crippen LogP contribution in [0, 0.1) is 11.7 Å². The molecular formula is C17H27FN2O2. The number of nitrogens with one attached hydrogen (secondary N) is 1. The molecule has 4 nitrogen and oxygen atoms in total. The Morgan fingerprint density at radius 2 is 1.91 bits per heavy atom. The van der Waals surface area contributed by atoms with Crippen LogP contribution in [0.1, 0.15) is 38.4 Å². The number of amides is 1. The number of rotatable bonds is 9. The Hall–Kier alpha value is -1.46. The number of hydrogen-bond acceptors (Lipinski definition) is 3. The molecule has 1 atom stereocenters. The zero-order valence-corrected chi connectivity index (χ0v) is 13.7. The van der Waals surface area contributed by atoms with Crippen LogP contribution < -0.4 is 5.32 Å². The van der Waals surface area contributed by atoms with Gasteiger partial charge in [0, 0.05) is 13.0 Å². The van der Waals surface area contributed by atoms with Crippen LogP contribution in [0.25, 0.3) is 0 Å². The fourth-order valence-corrected chi connectivity index (χ4v) is 2.29. The van der Waals surface area contributed by atoms with Crippen molar-refractivity contribution in [3.05, 3.63) is 35.6 Å². The van der Waals surface area contributed by atoms with Crippen molar-refractivity contribution in [2.75, 3.05) is 26.7 Å². The third-order valence-corrected chi connectivity index (χ3v) is 3.40. The van der Waals surface area contributed by atoms with Crippen LogP contribution in [0.3, 0.4) is 0 Å². The van der Waals surface area contributed by atoms with Gasteiger partial charge < -0.3 is 15.3 Å². The molecule has 2 N–H and O–H groups in total. The molecule has 0 aliphatic heterocycles. The number of benzene rings is 1. The van der Waals surface area contributed by atoms with Gasteiger partial charge >= 0.3 is 0 Å². The molecule has 1 unspecified atom stereocenters. The molecule has 1 aromatic rings. The maximum absolute atomic E-state index is 12.9. The number of nitrogens with zero attached hydrogens (tertiary/aromatic N) is 1. The Labute approximate surface area is 132 Å². The molecule has 22 heavy (non-hydrogen) atoms. The third kappa shape index (κ3) is 6.54. The lowest BCUT2D eigenvalue weighted by molar-refractivity contribution is -0.133. The molecule has 0 fully saturated rings. The first-order chi connectivity index (χ1) is 10.4. The normalized spacial score (nSPS) is 12.5. The zero-order chi connectivity index (χ0) is 16.5. The fraction of sp³-hybridized carbons (Fsp3) is 0.588. The second-order valence-electron chi connectivity index (χ2n) is 5.97. The molecule has 0 bridgehead atoms. The lowest BCUT2D eigenvalue weighted by atomic mass is 10.1. The Bertz CT molecular complexity index is 448. The van der Waals surface area contributed by atoms with E-state index < -0.39 is 6.10 Å². The van der Waals surface area contributed by atoms with Gasteiger partial charge in [-0.05, 0) is 43.6 Å². The minimum Gasteiger partial charge on any atom is -0.387 e. The quantitative estimate of drug-likeness (QED) is 0.688. The minimum absolute atomic E-state index is 0.0464. The first-order valence-corrected chi connectivity index (χ1v) is 7.80. The second kappa shape index (κ2) is 9.54. The van der Waals surface area contributed by atoms with E-state index in [2.05, 4.69) is 5.32 Å². The first-order valence-electron chi connectivity index (χ1n) is 7.80. The summed E-state index contributed by atoms with van der Waals surface area (Å²) < 4.78 is 12.9. The van der Waals surface area contributed by atoms with Gasteiger partial charge in [0.2, 0.25) is 5.91 Å². The predicted molar refractivity (Wildman–Crippen MR) is 85.9 cm³/mol. The summed E-state index contributed by atoms with van der Waals surface area (Å²) in [6, 6.07) is 5.75. The summed E-state index contributed by atoms with van der Waals surface area (Å²) in [5, 5.41) is 13.3. The Morgan fingerprint density at radius 1 is 1.27 bits per heavy atom. The van der Waals surface area contributed by atoms with Gasteiger partial charge in [-0.1, -0.05) is 26.0 Å². The molecule has 0 saturated carbocycles. The van der Waals surface area contributed by atoms with Gasteiger partial charge in [0.05, 0.1) is 12.6 Å². The van der Waals surface area contributed by atoms with Crippen LogP contribution >= 0.6 is 0 Å². The summed E-state index contributed by atoms with van der Waals surface area (Å²) in [7, 11) is 1.86. The maximum atomic E-state index is 12.9. The van der Waals surface area contributed by atoms with Crippen LogP contribution in [0.15, 0.2) is 24.3 Å². The molecule has 124 valence electrons. The average Bonchev–Trinajstić information content (AvgIpc) is 2.46. The highest BCUT2D eigenvalue weighted by Gasteiger charge is 2.19. The smallest absolute Gasteiger partial charge is 0.222 e. The Morgan fingerprint density at radius 3 is 2.45 bits per heavy atom. The van der Waals surface area contributed by atoms with Gasteiger partial charge in [0.1, 0.15) is 5.82 Å². The number of carbonyl (C=O) groups is 1. The number of aliphatic hydroxyl groups excluding tert-OH is 1. The van der Waals surface area contributed by atoms with Crippen molar-refractivity contribution in [1.29, 1.82) is 0 Å². The van der Waals surface area contributed by atoms with Crippen LogP contribution in [0.4, 0.5) is 4.39 Å². The van der Waals surface area contributed by atoms with Crippen molar-refractivity contribution < 1.29 is 14.3 Å². The minimum atomic E-state index is -0.799. The fourth-order valence-electron chi connectivity index (χ4n) is 2.29. The van der Waals surface area contributed by atoms with Crippen LogP contribution in [0.5, 0.6) is 0 Å². The zero-order valence-electron chi connectivity index (χ0n) is 13.7. The molecule has 1 amide bonds. The van der Waals surface area contributed by atoms with E-state index in [0.717, 1.165) is 13.0 Å². The molecular weight excluding hydrogens is 283 g/mol. The average molecular weight is 310 g/mol. The van der Waals surface area contributed by atoms with Crippen molar-refractivity contribution in [2.45, 2.75) is 32.8 Å². The molecule has 0 aliphatic rings. The summed E-state index contributed by atoms with van der Waals surface area (Å²) in [5.41, 5.74) is 0.623. The van der Waals surface area contributed by atoms with Gasteiger partial charge in [-0.3, -0.25) is 4.79 Å². The second-order valence-corrected chi connectivity index (χ2v) is 5.97. The SMILES string of the molecule is CNCCCC(=O)N(CC(C)C)CC(O)c1ccc(F)cc1. The van der Waals surface area contributed by atoms with Crippen LogP contribution in [-0.2, 0) is 4.79 Å². The van der Waals surface area contributed by atoms with Crippen molar-refractivity contribution in [1.82, 2.24) is 10.2 Å². The standard InChI is InChI=1S/C17H27FN2O2/c1-13(2)11-20(17(22)5-4-10-19-3)12-16(21)14-6-8-15(18)9-7-14/h6-9,13,16,19,21H,4-5,10-12H2,1-3H3. The van der Waals surface area contributed by atoms with Crippen LogP contribution in [-0.4, -0.2) is 42.6 Å². The van der Waals surface area contributed by atoms with E-state index >= 15 is 0 Å². The topological polar surface area (TPSA) is 52.6 Å². The maximum Gasteiger partial charge on any atom is 0.222 e. The molecule has 0 aliphatic carbocycles. The van der Waals surface area contributed by atoms with E-state index in [9.17, 15) is 14.3 Å². The summed E-state index contributed by atoms with van der Waals surface area (Å²) in [6.45, 7) is 5.72. The number of carbonyl (C=O) groups excluding carboxylic acids is 1. The van der Waals surface area contributed by atoms with E-state index in [0.29, 0.717) is 24.4 Å². The molecule has 0 aromatic heterocycles. The van der Waals surface area contributed by atoms with Crippen molar-refractivity contribution in [3.8, 4) is 0 Å². The molecule has 1 rings (SSSR count). The highest BCUT2D eigenvalue weighted by atomic mass is 19.1. The summed E-state index contributed by atoms with van der Waals surface area (Å²) >= 11 is 0. The largest absolute Gasteiger partial charge is 0.387 e. The molecule has 0 heterocycles. The van der Waals surface area contributed by atoms with Crippen molar-refractivity contribution in [3.63, 3.8) is 0 Å². The van der Waals surface area contributed by atoms with E-state index in [-0.39, 0.29) is 18.3 Å². The van der Waals surface area contributed by atoms with E-state index in [1.54, 1.807) is 17.0 Å². The lowest BCUT2D eigenvalue weighted by Gasteiger charge is -2.27. The van der Waals surface area contributed by atoms with Gasteiger partial charge in [-0.15, -0.1) is 0 Å². The predicted octanol–water partition coefficient (Wildman–Crippen LogP) is 2.34. The molecule has 5 heteroatoms. The van der Waals surface area contributed by atoms with E-state index in [1.807, 2.05) is 20.9 Å². The molecule has 0 saturated heterocycles. The number of hydrogen-bond donors (Lipinski definition) is 2. The monoisotopic (exact) mass is 310 g/mol. The highest BCUT2D eigenvalue weighted by molar-refractivity contribution is 5.76. The molecule has 1 aromatic carbocycles. The number of halogens is 1. The summed E-state index contributed by atoms with van der Waals surface area (Å²) in [6.07, 6.45) is 0.438. The lowest BCUT2D eigenvalue weighted by Crippen LogP contribution is -2.37. The summed E-state index contributed by atoms with van der Waals surface area (Å²) in [4.78, 5) is 14.0. The summed E-state index contributed by atoms with van der Waals surface area (Å²) in [5.74, 6) is 0.0388. The van der Waals surface area contributed by atoms with Gasteiger partial charge in [0.15, 0.2) is 0 Å². The van der Waals surface area contributed by atoms with Gasteiger partial charge in [-0.2, -0.15) is 0 Å².